The van der Waals surface area contributed by atoms with Gasteiger partial charge in [-0.2, -0.15) is 0 Å². The van der Waals surface area contributed by atoms with Crippen molar-refractivity contribution in [2.24, 2.45) is 0 Å². The smallest absolute Gasteiger partial charge is 0.274 e. The lowest BCUT2D eigenvalue weighted by Crippen LogP contribution is -2.38. The molecule has 0 atom stereocenters. The minimum Gasteiger partial charge on any atom is -0.302 e. The highest BCUT2D eigenvalue weighted by molar-refractivity contribution is 7.97. The number of carbonyl (C=O) groups is 2. The summed E-state index contributed by atoms with van der Waals surface area (Å²) in [5, 5.41) is 8.85. The first-order chi connectivity index (χ1) is 20.0. The zero-order valence-corrected chi connectivity index (χ0v) is 23.1. The van der Waals surface area contributed by atoms with Crippen LogP contribution in [-0.2, 0) is 11.3 Å². The average Bonchev–Trinajstić information content (AvgIpc) is 3.54. The van der Waals surface area contributed by atoms with Gasteiger partial charge in [0, 0.05) is 18.3 Å². The largest absolute Gasteiger partial charge is 0.302 e. The number of anilines is 1. The van der Waals surface area contributed by atoms with E-state index in [4.69, 9.17) is 5.21 Å². The number of nitrogens with zero attached hydrogens (tertiary/aromatic N) is 3. The van der Waals surface area contributed by atoms with Gasteiger partial charge < -0.3 is 4.90 Å². The standard InChI is InChI=1S/C28H26F6N4O3S/c1-2-37(42-27-25(33)23(31)22(30)24(32)26(27)34)14-21(39)38(20-10-8-16(11-19(20)29)28(40)36-41)13-18-9-7-17(12-35-18)15-5-3-4-6-15/h7-12,15,41H,2-6,13-14H2,1H3,(H,36,40). The minimum atomic E-state index is -2.31. The van der Waals surface area contributed by atoms with Crippen LogP contribution in [0.1, 0.15) is 60.1 Å². The van der Waals surface area contributed by atoms with Crippen molar-refractivity contribution in [3.8, 4) is 0 Å². The fraction of sp³-hybridized carbons (Fsp3) is 0.321. The van der Waals surface area contributed by atoms with Gasteiger partial charge in [0.15, 0.2) is 23.3 Å². The van der Waals surface area contributed by atoms with Gasteiger partial charge in [-0.25, -0.2) is 36.1 Å². The van der Waals surface area contributed by atoms with Crippen molar-refractivity contribution in [3.63, 3.8) is 0 Å². The van der Waals surface area contributed by atoms with E-state index in [1.807, 2.05) is 6.07 Å². The lowest BCUT2D eigenvalue weighted by molar-refractivity contribution is -0.118. The highest BCUT2D eigenvalue weighted by atomic mass is 32.2. The number of likely N-dealkylation sites (N-methyl/N-ethyl adjacent to an activating group) is 1. The summed E-state index contributed by atoms with van der Waals surface area (Å²) in [4.78, 5) is 29.5. The molecule has 0 saturated heterocycles. The van der Waals surface area contributed by atoms with Gasteiger partial charge in [0.1, 0.15) is 10.7 Å². The van der Waals surface area contributed by atoms with E-state index in [0.717, 1.165) is 52.6 Å². The molecule has 42 heavy (non-hydrogen) atoms. The van der Waals surface area contributed by atoms with E-state index >= 15 is 4.39 Å². The summed E-state index contributed by atoms with van der Waals surface area (Å²) in [5.41, 5.74) is 2.30. The molecule has 1 aliphatic rings. The quantitative estimate of drug-likeness (QED) is 0.0703. The van der Waals surface area contributed by atoms with E-state index in [0.29, 0.717) is 11.6 Å². The van der Waals surface area contributed by atoms with Gasteiger partial charge in [-0.05, 0) is 60.5 Å². The molecule has 2 amide bonds. The lowest BCUT2D eigenvalue weighted by atomic mass is 9.99. The number of halogens is 6. The second kappa shape index (κ2) is 13.6. The molecule has 0 unspecified atom stereocenters. The number of benzene rings is 2. The molecule has 0 radical (unpaired) electrons. The molecule has 2 aromatic carbocycles. The topological polar surface area (TPSA) is 85.8 Å². The summed E-state index contributed by atoms with van der Waals surface area (Å²) in [7, 11) is 0. The van der Waals surface area contributed by atoms with Crippen LogP contribution in [0.25, 0.3) is 0 Å². The molecule has 224 valence electrons. The first-order valence-electron chi connectivity index (χ1n) is 13.0. The molecular formula is C28H26F6N4O3S. The monoisotopic (exact) mass is 612 g/mol. The summed E-state index contributed by atoms with van der Waals surface area (Å²) >= 11 is 0.155. The van der Waals surface area contributed by atoms with Gasteiger partial charge in [0.25, 0.3) is 5.91 Å². The van der Waals surface area contributed by atoms with E-state index < -0.39 is 58.2 Å². The third-order valence-corrected chi connectivity index (χ3v) is 8.14. The molecular weight excluding hydrogens is 586 g/mol. The lowest BCUT2D eigenvalue weighted by Gasteiger charge is -2.27. The maximum absolute atomic E-state index is 15.2. The Hall–Kier alpha value is -3.62. The van der Waals surface area contributed by atoms with Gasteiger partial charge in [0.05, 0.1) is 24.5 Å². The van der Waals surface area contributed by atoms with E-state index in [9.17, 15) is 31.5 Å². The van der Waals surface area contributed by atoms with Gasteiger partial charge in [-0.1, -0.05) is 25.8 Å². The Kier molecular flexibility index (Phi) is 10.1. The fourth-order valence-electron chi connectivity index (χ4n) is 4.67. The van der Waals surface area contributed by atoms with Gasteiger partial charge >= 0.3 is 0 Å². The summed E-state index contributed by atoms with van der Waals surface area (Å²) in [5.74, 6) is -13.1. The predicted octanol–water partition coefficient (Wildman–Crippen LogP) is 6.26. The molecule has 1 aliphatic carbocycles. The van der Waals surface area contributed by atoms with Gasteiger partial charge in [0.2, 0.25) is 11.7 Å². The van der Waals surface area contributed by atoms with E-state index in [1.165, 1.54) is 18.5 Å². The van der Waals surface area contributed by atoms with Crippen molar-refractivity contribution in [1.29, 1.82) is 0 Å². The molecule has 1 heterocycles. The number of aromatic nitrogens is 1. The van der Waals surface area contributed by atoms with Crippen molar-refractivity contribution in [2.45, 2.75) is 50.0 Å². The average molecular weight is 613 g/mol. The number of nitrogens with one attached hydrogen (secondary N) is 1. The number of pyridine rings is 1. The number of rotatable bonds is 10. The molecule has 0 spiro atoms. The number of hydrogen-bond donors (Lipinski definition) is 2. The SMILES string of the molecule is CCN(CC(=O)N(Cc1ccc(C2CCCC2)cn1)c1ccc(C(=O)NO)cc1F)Sc1c(F)c(F)c(F)c(F)c1F. The summed E-state index contributed by atoms with van der Waals surface area (Å²) in [6, 6.07) is 6.68. The normalized spacial score (nSPS) is 13.5. The van der Waals surface area contributed by atoms with Crippen LogP contribution in [0.4, 0.5) is 32.0 Å². The molecule has 2 N–H and O–H groups in total. The van der Waals surface area contributed by atoms with Crippen LogP contribution in [0.2, 0.25) is 0 Å². The fourth-order valence-corrected chi connectivity index (χ4v) is 5.57. The Morgan fingerprint density at radius 3 is 2.17 bits per heavy atom. The van der Waals surface area contributed by atoms with E-state index in [1.54, 1.807) is 12.3 Å². The molecule has 0 bridgehead atoms. The van der Waals surface area contributed by atoms with Crippen molar-refractivity contribution >= 4 is 29.4 Å². The Bertz CT molecular complexity index is 1440. The molecule has 0 aliphatic heterocycles. The number of amides is 2. The second-order valence-corrected chi connectivity index (χ2v) is 10.7. The highest BCUT2D eigenvalue weighted by Crippen LogP contribution is 2.35. The molecule has 7 nitrogen and oxygen atoms in total. The van der Waals surface area contributed by atoms with Gasteiger partial charge in [-0.3, -0.25) is 19.8 Å². The van der Waals surface area contributed by atoms with Crippen LogP contribution in [0.5, 0.6) is 0 Å². The highest BCUT2D eigenvalue weighted by Gasteiger charge is 2.29. The van der Waals surface area contributed by atoms with E-state index in [-0.39, 0.29) is 36.3 Å². The summed E-state index contributed by atoms with van der Waals surface area (Å²) in [6.45, 7) is 0.551. The van der Waals surface area contributed by atoms with Crippen molar-refractivity contribution in [1.82, 2.24) is 14.8 Å². The molecule has 1 aromatic heterocycles. The third kappa shape index (κ3) is 6.71. The zero-order chi connectivity index (χ0) is 30.6. The first kappa shape index (κ1) is 31.3. The van der Waals surface area contributed by atoms with Crippen LogP contribution >= 0.6 is 11.9 Å². The van der Waals surface area contributed by atoms with Crippen LogP contribution < -0.4 is 10.4 Å². The van der Waals surface area contributed by atoms with Crippen molar-refractivity contribution in [3.05, 3.63) is 88.3 Å². The summed E-state index contributed by atoms with van der Waals surface area (Å²) in [6.07, 6.45) is 6.01. The first-order valence-corrected chi connectivity index (χ1v) is 13.8. The van der Waals surface area contributed by atoms with E-state index in [2.05, 4.69) is 4.98 Å². The number of carbonyl (C=O) groups excluding carboxylic acids is 2. The Morgan fingerprint density at radius 2 is 1.62 bits per heavy atom. The summed E-state index contributed by atoms with van der Waals surface area (Å²) < 4.78 is 85.8. The van der Waals surface area contributed by atoms with Crippen LogP contribution in [-0.4, -0.2) is 39.4 Å². The Labute approximate surface area is 241 Å². The molecule has 1 fully saturated rings. The van der Waals surface area contributed by atoms with Gasteiger partial charge in [-0.15, -0.1) is 0 Å². The number of hydroxylamine groups is 1. The van der Waals surface area contributed by atoms with Crippen LogP contribution in [0.3, 0.4) is 0 Å². The zero-order valence-electron chi connectivity index (χ0n) is 22.3. The van der Waals surface area contributed by atoms with Crippen LogP contribution in [0.15, 0.2) is 41.4 Å². The number of hydrogen-bond acceptors (Lipinski definition) is 6. The Balaban J connectivity index is 1.63. The minimum absolute atomic E-state index is 0.0732. The Morgan fingerprint density at radius 1 is 0.976 bits per heavy atom. The molecule has 4 rings (SSSR count). The molecule has 14 heteroatoms. The third-order valence-electron chi connectivity index (χ3n) is 6.95. The predicted molar refractivity (Wildman–Crippen MR) is 142 cm³/mol. The maximum Gasteiger partial charge on any atom is 0.274 e. The van der Waals surface area contributed by atoms with Crippen molar-refractivity contribution in [2.75, 3.05) is 18.0 Å². The van der Waals surface area contributed by atoms with Crippen molar-refractivity contribution < 1.29 is 41.1 Å². The molecule has 3 aromatic rings. The van der Waals surface area contributed by atoms with Crippen LogP contribution in [0, 0.1) is 34.9 Å². The second-order valence-electron chi connectivity index (χ2n) is 9.60. The maximum atomic E-state index is 15.2. The molecule has 1 saturated carbocycles.